The highest BCUT2D eigenvalue weighted by Crippen LogP contribution is 2.38. The summed E-state index contributed by atoms with van der Waals surface area (Å²) in [5, 5.41) is 10.7. The molecule has 0 atom stereocenters. The fourth-order valence-corrected chi connectivity index (χ4v) is 1.79. The van der Waals surface area contributed by atoms with Gasteiger partial charge in [0.2, 0.25) is 0 Å². The minimum absolute atomic E-state index is 0.0502. The van der Waals surface area contributed by atoms with Crippen LogP contribution in [0.5, 0.6) is 0 Å². The summed E-state index contributed by atoms with van der Waals surface area (Å²) >= 11 is 0. The third-order valence-electron chi connectivity index (χ3n) is 2.60. The molecule has 0 aliphatic rings. The second-order valence-electron chi connectivity index (χ2n) is 3.90. The van der Waals surface area contributed by atoms with E-state index in [2.05, 4.69) is 0 Å². The zero-order valence-electron chi connectivity index (χ0n) is 10.0. The highest BCUT2D eigenvalue weighted by atomic mass is 19.4. The molecule has 2 rings (SSSR count). The van der Waals surface area contributed by atoms with E-state index < -0.39 is 22.5 Å². The van der Waals surface area contributed by atoms with Gasteiger partial charge in [-0.3, -0.25) is 0 Å². The first-order valence-electron chi connectivity index (χ1n) is 5.57. The molecule has 0 N–H and O–H groups in total. The summed E-state index contributed by atoms with van der Waals surface area (Å²) in [5.41, 5.74) is -1.52. The van der Waals surface area contributed by atoms with Crippen molar-refractivity contribution in [2.45, 2.75) is 6.18 Å². The van der Waals surface area contributed by atoms with Crippen LogP contribution < -0.4 is 5.01 Å². The molecule has 0 bridgehead atoms. The van der Waals surface area contributed by atoms with E-state index in [1.807, 2.05) is 0 Å². The fraction of sp³-hybridized carbons (Fsp3) is 0.0769. The number of hydrogen-bond donors (Lipinski definition) is 0. The van der Waals surface area contributed by atoms with E-state index in [0.29, 0.717) is 5.01 Å². The lowest BCUT2D eigenvalue weighted by molar-refractivity contribution is -0.483. The van der Waals surface area contributed by atoms with Crippen LogP contribution in [0.4, 0.5) is 24.5 Å². The van der Waals surface area contributed by atoms with E-state index in [-0.39, 0.29) is 5.69 Å². The monoisotopic (exact) mass is 282 g/mol. The Morgan fingerprint density at radius 3 is 2.05 bits per heavy atom. The summed E-state index contributed by atoms with van der Waals surface area (Å²) in [6.45, 7) is 0. The van der Waals surface area contributed by atoms with E-state index in [9.17, 15) is 23.3 Å². The van der Waals surface area contributed by atoms with Crippen molar-refractivity contribution in [3.63, 3.8) is 0 Å². The molecule has 0 saturated heterocycles. The van der Waals surface area contributed by atoms with Crippen molar-refractivity contribution in [3.05, 3.63) is 70.3 Å². The Morgan fingerprint density at radius 1 is 0.950 bits per heavy atom. The molecule has 0 fully saturated rings. The molecule has 0 aromatic heterocycles. The van der Waals surface area contributed by atoms with E-state index in [0.717, 1.165) is 12.1 Å². The number of rotatable bonds is 3. The van der Waals surface area contributed by atoms with Crippen molar-refractivity contribution in [1.29, 1.82) is 0 Å². The Bertz CT molecular complexity index is 615. The number of alkyl halides is 3. The van der Waals surface area contributed by atoms with Crippen LogP contribution in [0.2, 0.25) is 0 Å². The van der Waals surface area contributed by atoms with Gasteiger partial charge < -0.3 is 0 Å². The number of nitro groups is 1. The molecule has 0 spiro atoms. The van der Waals surface area contributed by atoms with Gasteiger partial charge in [0.25, 0.3) is 0 Å². The van der Waals surface area contributed by atoms with Gasteiger partial charge in [-0.2, -0.15) is 13.2 Å². The molecule has 104 valence electrons. The van der Waals surface area contributed by atoms with Gasteiger partial charge in [0.05, 0.1) is 5.56 Å². The normalized spacial score (nSPS) is 11.2. The van der Waals surface area contributed by atoms with Crippen molar-refractivity contribution in [3.8, 4) is 0 Å². The molecular formula is C13H9F3N2O2. The molecule has 0 heterocycles. The fourth-order valence-electron chi connectivity index (χ4n) is 1.79. The summed E-state index contributed by atoms with van der Waals surface area (Å²) < 4.78 is 38.8. The van der Waals surface area contributed by atoms with Crippen molar-refractivity contribution >= 4 is 11.4 Å². The number of nitrogens with zero attached hydrogens (tertiary/aromatic N) is 2. The van der Waals surface area contributed by atoms with Crippen LogP contribution in [0.1, 0.15) is 5.56 Å². The highest BCUT2D eigenvalue weighted by Gasteiger charge is 2.37. The minimum Gasteiger partial charge on any atom is -0.234 e. The Kier molecular flexibility index (Phi) is 3.60. The lowest BCUT2D eigenvalue weighted by Crippen LogP contribution is -2.26. The Hall–Kier alpha value is -2.57. The molecule has 20 heavy (non-hydrogen) atoms. The zero-order chi connectivity index (χ0) is 14.8. The number of hydrazine groups is 1. The summed E-state index contributed by atoms with van der Waals surface area (Å²) in [6.07, 6.45) is -4.67. The number of anilines is 2. The minimum atomic E-state index is -4.67. The standard InChI is InChI=1S/C13H9F3N2O2/c14-13(15,16)11-8-4-5-9-12(11)17(18(19)20)10-6-2-1-3-7-10/h1-9H. The molecule has 2 aromatic rings. The molecule has 0 radical (unpaired) electrons. The maximum atomic E-state index is 12.9. The van der Waals surface area contributed by atoms with Crippen LogP contribution in [0, 0.1) is 10.1 Å². The third kappa shape index (κ3) is 2.71. The third-order valence-corrected chi connectivity index (χ3v) is 2.60. The van der Waals surface area contributed by atoms with Gasteiger partial charge in [-0.15, -0.1) is 0 Å². The molecule has 0 aliphatic carbocycles. The average molecular weight is 282 g/mol. The Balaban J connectivity index is 2.60. The van der Waals surface area contributed by atoms with E-state index in [1.54, 1.807) is 6.07 Å². The molecule has 0 amide bonds. The number of para-hydroxylation sites is 2. The van der Waals surface area contributed by atoms with Gasteiger partial charge in [-0.1, -0.05) is 35.3 Å². The summed E-state index contributed by atoms with van der Waals surface area (Å²) in [7, 11) is 0. The number of halogens is 3. The van der Waals surface area contributed by atoms with Crippen molar-refractivity contribution in [1.82, 2.24) is 0 Å². The van der Waals surface area contributed by atoms with Gasteiger partial charge in [0.1, 0.15) is 11.4 Å². The van der Waals surface area contributed by atoms with Crippen molar-refractivity contribution in [2.75, 3.05) is 5.01 Å². The first-order chi connectivity index (χ1) is 9.41. The molecule has 4 nitrogen and oxygen atoms in total. The van der Waals surface area contributed by atoms with Crippen LogP contribution >= 0.6 is 0 Å². The van der Waals surface area contributed by atoms with Crippen LogP contribution in [-0.4, -0.2) is 5.03 Å². The largest absolute Gasteiger partial charge is 0.418 e. The Morgan fingerprint density at radius 2 is 1.50 bits per heavy atom. The molecule has 7 heteroatoms. The molecule has 2 aromatic carbocycles. The summed E-state index contributed by atoms with van der Waals surface area (Å²) in [6, 6.07) is 11.8. The SMILES string of the molecule is O=[N+]([O-])N(c1ccccc1)c1ccccc1C(F)(F)F. The predicted molar refractivity (Wildman–Crippen MR) is 67.0 cm³/mol. The maximum absolute atomic E-state index is 12.9. The van der Waals surface area contributed by atoms with Gasteiger partial charge in [-0.05, 0) is 24.3 Å². The van der Waals surface area contributed by atoms with Gasteiger partial charge in [0, 0.05) is 0 Å². The van der Waals surface area contributed by atoms with Gasteiger partial charge in [0.15, 0.2) is 5.03 Å². The molecule has 0 unspecified atom stereocenters. The summed E-state index contributed by atoms with van der Waals surface area (Å²) in [4.78, 5) is 11.1. The first-order valence-corrected chi connectivity index (χ1v) is 5.57. The zero-order valence-corrected chi connectivity index (χ0v) is 10.0. The van der Waals surface area contributed by atoms with Gasteiger partial charge in [-0.25, -0.2) is 10.1 Å². The van der Waals surface area contributed by atoms with Crippen molar-refractivity contribution < 1.29 is 18.2 Å². The topological polar surface area (TPSA) is 46.4 Å². The smallest absolute Gasteiger partial charge is 0.234 e. The Labute approximate surface area is 112 Å². The number of hydrogen-bond acceptors (Lipinski definition) is 2. The van der Waals surface area contributed by atoms with E-state index >= 15 is 0 Å². The van der Waals surface area contributed by atoms with Crippen molar-refractivity contribution in [2.24, 2.45) is 0 Å². The highest BCUT2D eigenvalue weighted by molar-refractivity contribution is 5.64. The molecular weight excluding hydrogens is 273 g/mol. The van der Waals surface area contributed by atoms with Crippen LogP contribution in [-0.2, 0) is 6.18 Å². The van der Waals surface area contributed by atoms with Crippen LogP contribution in [0.25, 0.3) is 0 Å². The lowest BCUT2D eigenvalue weighted by atomic mass is 10.1. The quantitative estimate of drug-likeness (QED) is 0.630. The van der Waals surface area contributed by atoms with E-state index in [1.165, 1.54) is 36.4 Å². The molecule has 0 saturated carbocycles. The average Bonchev–Trinajstić information content (AvgIpc) is 2.39. The van der Waals surface area contributed by atoms with Crippen LogP contribution in [0.3, 0.4) is 0 Å². The maximum Gasteiger partial charge on any atom is 0.418 e. The summed E-state index contributed by atoms with van der Waals surface area (Å²) in [5.74, 6) is 0. The second-order valence-corrected chi connectivity index (χ2v) is 3.90. The molecule has 0 aliphatic heterocycles. The predicted octanol–water partition coefficient (Wildman–Crippen LogP) is 4.04. The number of benzene rings is 2. The second kappa shape index (κ2) is 5.20. The van der Waals surface area contributed by atoms with Gasteiger partial charge >= 0.3 is 6.18 Å². The van der Waals surface area contributed by atoms with Crippen LogP contribution in [0.15, 0.2) is 54.6 Å². The first kappa shape index (κ1) is 13.9. The lowest BCUT2D eigenvalue weighted by Gasteiger charge is -2.18. The van der Waals surface area contributed by atoms with E-state index in [4.69, 9.17) is 0 Å².